The normalized spacial score (nSPS) is 25.8. The van der Waals surface area contributed by atoms with Crippen LogP contribution in [0, 0.1) is 0 Å². The van der Waals surface area contributed by atoms with Gasteiger partial charge in [0.25, 0.3) is 0 Å². The molecule has 0 amide bonds. The predicted molar refractivity (Wildman–Crippen MR) is 90.1 cm³/mol. The topological polar surface area (TPSA) is 47.6 Å². The van der Waals surface area contributed by atoms with Crippen LogP contribution < -0.4 is 5.32 Å². The van der Waals surface area contributed by atoms with Crippen LogP contribution in [0.1, 0.15) is 37.3 Å². The minimum absolute atomic E-state index is 0.175. The molecule has 2 bridgehead atoms. The molecule has 4 nitrogen and oxygen atoms in total. The number of fused-ring (bicyclic) bond motifs is 2. The van der Waals surface area contributed by atoms with Gasteiger partial charge in [-0.25, -0.2) is 0 Å². The summed E-state index contributed by atoms with van der Waals surface area (Å²) in [6.07, 6.45) is 2.73. The second-order valence-corrected chi connectivity index (χ2v) is 6.96. The summed E-state index contributed by atoms with van der Waals surface area (Å²) < 4.78 is 11.0. The van der Waals surface area contributed by atoms with E-state index in [1.807, 2.05) is 13.0 Å². The van der Waals surface area contributed by atoms with Crippen molar-refractivity contribution in [1.29, 1.82) is 0 Å². The first-order valence-corrected chi connectivity index (χ1v) is 8.81. The van der Waals surface area contributed by atoms with E-state index >= 15 is 0 Å². The fourth-order valence-electron chi connectivity index (χ4n) is 3.39. The summed E-state index contributed by atoms with van der Waals surface area (Å²) in [6.45, 7) is 3.76. The van der Waals surface area contributed by atoms with Crippen molar-refractivity contribution in [2.24, 2.45) is 0 Å². The van der Waals surface area contributed by atoms with E-state index in [0.717, 1.165) is 30.7 Å². The number of carbonyl (C=O) groups excluding carboxylic acids is 1. The number of morpholine rings is 1. The zero-order chi connectivity index (χ0) is 16.4. The van der Waals surface area contributed by atoms with E-state index in [-0.39, 0.29) is 11.6 Å². The maximum absolute atomic E-state index is 11.5. The Labute approximate surface area is 146 Å². The number of ether oxygens (including phenoxy) is 2. The number of esters is 1. The maximum atomic E-state index is 11.5. The molecule has 2 atom stereocenters. The van der Waals surface area contributed by atoms with Gasteiger partial charge in [0, 0.05) is 19.0 Å². The summed E-state index contributed by atoms with van der Waals surface area (Å²) in [5.41, 5.74) is 1.76. The summed E-state index contributed by atoms with van der Waals surface area (Å²) in [7, 11) is 0. The van der Waals surface area contributed by atoms with E-state index in [1.54, 1.807) is 0 Å². The van der Waals surface area contributed by atoms with Crippen LogP contribution in [-0.4, -0.2) is 31.8 Å². The number of carbonyl (C=O) groups is 1. The number of halogens is 2. The summed E-state index contributed by atoms with van der Waals surface area (Å²) in [5, 5.41) is 4.57. The van der Waals surface area contributed by atoms with Crippen molar-refractivity contribution in [2.75, 3.05) is 19.8 Å². The largest absolute Gasteiger partial charge is 0.466 e. The molecule has 2 heterocycles. The Hall–Kier alpha value is -0.810. The smallest absolute Gasteiger partial charge is 0.305 e. The quantitative estimate of drug-likeness (QED) is 0.791. The standard InChI is InChI=1S/C17H21Cl2NO3/c1-2-22-15(21)5-3-4-11-6-12(7-14(18)16(11)19)17-8-13(9-23-17)20-10-17/h6-7,13,20H,2-5,8-10H2,1H3. The van der Waals surface area contributed by atoms with E-state index in [1.165, 1.54) is 0 Å². The van der Waals surface area contributed by atoms with Crippen LogP contribution in [0.5, 0.6) is 0 Å². The van der Waals surface area contributed by atoms with Crippen molar-refractivity contribution in [3.63, 3.8) is 0 Å². The average molecular weight is 358 g/mol. The molecule has 1 aromatic carbocycles. The Morgan fingerprint density at radius 1 is 1.48 bits per heavy atom. The highest BCUT2D eigenvalue weighted by Crippen LogP contribution is 2.43. The van der Waals surface area contributed by atoms with E-state index in [9.17, 15) is 4.79 Å². The van der Waals surface area contributed by atoms with Crippen molar-refractivity contribution < 1.29 is 14.3 Å². The Morgan fingerprint density at radius 2 is 2.30 bits per heavy atom. The third kappa shape index (κ3) is 3.50. The number of nitrogens with one attached hydrogen (secondary N) is 1. The molecule has 0 radical (unpaired) electrons. The van der Waals surface area contributed by atoms with Crippen LogP contribution in [0.4, 0.5) is 0 Å². The fourth-order valence-corrected chi connectivity index (χ4v) is 3.83. The molecule has 126 valence electrons. The number of hydrogen-bond donors (Lipinski definition) is 1. The van der Waals surface area contributed by atoms with Gasteiger partial charge in [0.2, 0.25) is 0 Å². The molecule has 2 unspecified atom stereocenters. The van der Waals surface area contributed by atoms with Gasteiger partial charge >= 0.3 is 5.97 Å². The first-order chi connectivity index (χ1) is 11.0. The van der Waals surface area contributed by atoms with Crippen LogP contribution >= 0.6 is 23.2 Å². The van der Waals surface area contributed by atoms with Gasteiger partial charge in [-0.05, 0) is 43.4 Å². The van der Waals surface area contributed by atoms with Crippen molar-refractivity contribution >= 4 is 29.2 Å². The Balaban J connectivity index is 1.74. The summed E-state index contributed by atoms with van der Waals surface area (Å²) >= 11 is 12.7. The third-order valence-electron chi connectivity index (χ3n) is 4.58. The zero-order valence-electron chi connectivity index (χ0n) is 13.2. The van der Waals surface area contributed by atoms with E-state index in [4.69, 9.17) is 32.7 Å². The van der Waals surface area contributed by atoms with Crippen molar-refractivity contribution in [3.8, 4) is 0 Å². The molecule has 2 fully saturated rings. The molecule has 2 aliphatic heterocycles. The molecule has 0 saturated carbocycles. The van der Waals surface area contributed by atoms with Gasteiger partial charge in [0.1, 0.15) is 5.60 Å². The number of rotatable bonds is 6. The number of benzene rings is 1. The van der Waals surface area contributed by atoms with Gasteiger partial charge in [-0.3, -0.25) is 4.79 Å². The van der Waals surface area contributed by atoms with Crippen LogP contribution in [-0.2, 0) is 26.3 Å². The summed E-state index contributed by atoms with van der Waals surface area (Å²) in [5.74, 6) is -0.175. The van der Waals surface area contributed by atoms with Gasteiger partial charge < -0.3 is 14.8 Å². The molecule has 1 N–H and O–H groups in total. The second kappa shape index (κ2) is 6.98. The molecular weight excluding hydrogens is 337 g/mol. The predicted octanol–water partition coefficient (Wildman–Crippen LogP) is 3.47. The molecule has 0 spiro atoms. The molecule has 23 heavy (non-hydrogen) atoms. The fraction of sp³-hybridized carbons (Fsp3) is 0.588. The van der Waals surface area contributed by atoms with E-state index < -0.39 is 0 Å². The number of hydrogen-bond acceptors (Lipinski definition) is 4. The summed E-state index contributed by atoms with van der Waals surface area (Å²) in [6, 6.07) is 4.42. The minimum Gasteiger partial charge on any atom is -0.466 e. The van der Waals surface area contributed by atoms with Gasteiger partial charge in [-0.1, -0.05) is 29.3 Å². The first kappa shape index (κ1) is 17.0. The lowest BCUT2D eigenvalue weighted by Gasteiger charge is -2.28. The van der Waals surface area contributed by atoms with Gasteiger partial charge in [0.15, 0.2) is 0 Å². The highest BCUT2D eigenvalue weighted by molar-refractivity contribution is 6.42. The van der Waals surface area contributed by atoms with Crippen molar-refractivity contribution in [1.82, 2.24) is 5.32 Å². The zero-order valence-corrected chi connectivity index (χ0v) is 14.7. The lowest BCUT2D eigenvalue weighted by atomic mass is 9.90. The van der Waals surface area contributed by atoms with E-state index in [0.29, 0.717) is 42.0 Å². The molecule has 3 rings (SSSR count). The van der Waals surface area contributed by atoms with Crippen molar-refractivity contribution in [3.05, 3.63) is 33.3 Å². The van der Waals surface area contributed by atoms with Gasteiger partial charge in [-0.2, -0.15) is 0 Å². The molecule has 6 heteroatoms. The van der Waals surface area contributed by atoms with Gasteiger partial charge in [0.05, 0.1) is 23.3 Å². The highest BCUT2D eigenvalue weighted by Gasteiger charge is 2.47. The molecular formula is C17H21Cl2NO3. The highest BCUT2D eigenvalue weighted by atomic mass is 35.5. The van der Waals surface area contributed by atoms with Crippen LogP contribution in [0.15, 0.2) is 12.1 Å². The van der Waals surface area contributed by atoms with Crippen LogP contribution in [0.25, 0.3) is 0 Å². The number of aryl methyl sites for hydroxylation is 1. The SMILES string of the molecule is CCOC(=O)CCCc1cc(C23CNC(CO2)C3)cc(Cl)c1Cl. The first-order valence-electron chi connectivity index (χ1n) is 8.05. The molecule has 1 aromatic rings. The molecule has 2 saturated heterocycles. The third-order valence-corrected chi connectivity index (χ3v) is 5.42. The van der Waals surface area contributed by atoms with E-state index in [2.05, 4.69) is 11.4 Å². The Bertz CT molecular complexity index is 598. The molecule has 0 aliphatic carbocycles. The second-order valence-electron chi connectivity index (χ2n) is 6.18. The minimum atomic E-state index is -0.283. The average Bonchev–Trinajstić information content (AvgIpc) is 3.13. The molecule has 0 aromatic heterocycles. The Morgan fingerprint density at radius 3 is 2.91 bits per heavy atom. The lowest BCUT2D eigenvalue weighted by Crippen LogP contribution is -2.37. The van der Waals surface area contributed by atoms with Crippen molar-refractivity contribution in [2.45, 2.75) is 44.2 Å². The van der Waals surface area contributed by atoms with Crippen LogP contribution in [0.3, 0.4) is 0 Å². The summed E-state index contributed by atoms with van der Waals surface area (Å²) in [4.78, 5) is 11.5. The monoisotopic (exact) mass is 357 g/mol. The van der Waals surface area contributed by atoms with Gasteiger partial charge in [-0.15, -0.1) is 0 Å². The Kier molecular flexibility index (Phi) is 5.16. The molecule has 2 aliphatic rings. The maximum Gasteiger partial charge on any atom is 0.305 e. The van der Waals surface area contributed by atoms with Crippen LogP contribution in [0.2, 0.25) is 10.0 Å². The lowest BCUT2D eigenvalue weighted by molar-refractivity contribution is -0.143.